The van der Waals surface area contributed by atoms with Gasteiger partial charge >= 0.3 is 5.97 Å². The van der Waals surface area contributed by atoms with Gasteiger partial charge in [-0.3, -0.25) is 4.79 Å². The van der Waals surface area contributed by atoms with Crippen molar-refractivity contribution in [2.45, 2.75) is 0 Å². The van der Waals surface area contributed by atoms with Crippen molar-refractivity contribution in [3.8, 4) is 11.4 Å². The molecule has 0 fully saturated rings. The van der Waals surface area contributed by atoms with Crippen LogP contribution in [0.5, 0.6) is 0 Å². The number of hydrogen-bond acceptors (Lipinski definition) is 5. The molecule has 2 heterocycles. The summed E-state index contributed by atoms with van der Waals surface area (Å²) in [5.74, 6) is -2.37. The van der Waals surface area contributed by atoms with E-state index in [-0.39, 0.29) is 27.9 Å². The second-order valence-electron chi connectivity index (χ2n) is 6.08. The molecule has 0 unspecified atom stereocenters. The summed E-state index contributed by atoms with van der Waals surface area (Å²) < 4.78 is 27.9. The first-order chi connectivity index (χ1) is 13.9. The molecule has 4 aromatic rings. The molecule has 1 amide bonds. The predicted octanol–water partition coefficient (Wildman–Crippen LogP) is 2.74. The Morgan fingerprint density at radius 2 is 1.72 bits per heavy atom. The second kappa shape index (κ2) is 7.12. The highest BCUT2D eigenvalue weighted by Gasteiger charge is 2.18. The van der Waals surface area contributed by atoms with Crippen molar-refractivity contribution in [3.05, 3.63) is 83.8 Å². The molecule has 144 valence electrons. The first-order valence-electron chi connectivity index (χ1n) is 8.33. The molecular formula is C20H12F2N4O3. The highest BCUT2D eigenvalue weighted by molar-refractivity contribution is 6.06. The van der Waals surface area contributed by atoms with Crippen LogP contribution in [0.25, 0.3) is 22.3 Å². The van der Waals surface area contributed by atoms with Crippen LogP contribution >= 0.6 is 0 Å². The number of primary amides is 1. The number of carbonyl (C=O) groups is 2. The lowest BCUT2D eigenvalue weighted by Crippen LogP contribution is -2.20. The van der Waals surface area contributed by atoms with Gasteiger partial charge in [-0.25, -0.2) is 23.5 Å². The maximum atomic E-state index is 13.5. The van der Waals surface area contributed by atoms with Crippen molar-refractivity contribution in [2.75, 3.05) is 0 Å². The minimum atomic E-state index is -0.812. The largest absolute Gasteiger partial charge is 0.366 e. The smallest absolute Gasteiger partial charge is 0.366 e. The van der Waals surface area contributed by atoms with Crippen molar-refractivity contribution in [3.63, 3.8) is 0 Å². The number of fused-ring (bicyclic) bond motifs is 1. The van der Waals surface area contributed by atoms with E-state index in [4.69, 9.17) is 10.6 Å². The van der Waals surface area contributed by atoms with Crippen molar-refractivity contribution in [1.29, 1.82) is 0 Å². The summed E-state index contributed by atoms with van der Waals surface area (Å²) in [5, 5.41) is 0.211. The van der Waals surface area contributed by atoms with E-state index >= 15 is 0 Å². The fourth-order valence-corrected chi connectivity index (χ4v) is 2.80. The quantitative estimate of drug-likeness (QED) is 0.574. The van der Waals surface area contributed by atoms with Crippen LogP contribution in [0.1, 0.15) is 20.7 Å². The molecule has 2 aromatic carbocycles. The molecule has 0 bridgehead atoms. The third-order valence-electron chi connectivity index (χ3n) is 4.15. The molecule has 4 rings (SSSR count). The number of aromatic nitrogens is 3. The molecule has 29 heavy (non-hydrogen) atoms. The predicted molar refractivity (Wildman–Crippen MR) is 98.8 cm³/mol. The molecule has 0 saturated heterocycles. The van der Waals surface area contributed by atoms with E-state index in [0.717, 1.165) is 16.9 Å². The topological polar surface area (TPSA) is 100 Å². The molecule has 0 aliphatic carbocycles. The minimum Gasteiger partial charge on any atom is -0.366 e. The van der Waals surface area contributed by atoms with Crippen molar-refractivity contribution < 1.29 is 23.2 Å². The zero-order valence-corrected chi connectivity index (χ0v) is 14.7. The highest BCUT2D eigenvalue weighted by Crippen LogP contribution is 2.22. The average molecular weight is 394 g/mol. The number of nitrogens with two attached hydrogens (primary N) is 1. The molecule has 0 spiro atoms. The summed E-state index contributed by atoms with van der Waals surface area (Å²) >= 11 is 0. The summed E-state index contributed by atoms with van der Waals surface area (Å²) in [6, 6.07) is 9.35. The van der Waals surface area contributed by atoms with Gasteiger partial charge in [0.25, 0.3) is 5.91 Å². The van der Waals surface area contributed by atoms with Crippen LogP contribution in [-0.2, 0) is 0 Å². The molecule has 0 atom stereocenters. The van der Waals surface area contributed by atoms with E-state index in [2.05, 4.69) is 9.97 Å². The Hall–Kier alpha value is -4.14. The van der Waals surface area contributed by atoms with Gasteiger partial charge < -0.3 is 10.6 Å². The summed E-state index contributed by atoms with van der Waals surface area (Å²) in [5.41, 5.74) is 6.07. The maximum absolute atomic E-state index is 13.5. The maximum Gasteiger partial charge on any atom is 0.366 e. The van der Waals surface area contributed by atoms with Crippen LogP contribution in [-0.4, -0.2) is 26.6 Å². The SMILES string of the molecule is NC(=O)c1cn(OC(=O)c2cnc(-c3cccc(F)c3)nc2)c2ccc(F)cc12. The van der Waals surface area contributed by atoms with E-state index in [1.165, 1.54) is 42.9 Å². The summed E-state index contributed by atoms with van der Waals surface area (Å²) in [4.78, 5) is 37.4. The van der Waals surface area contributed by atoms with Gasteiger partial charge in [-0.15, -0.1) is 0 Å². The Morgan fingerprint density at radius 1 is 1.00 bits per heavy atom. The van der Waals surface area contributed by atoms with Crippen LogP contribution < -0.4 is 10.6 Å². The molecule has 2 aromatic heterocycles. The number of benzene rings is 2. The summed E-state index contributed by atoms with van der Waals surface area (Å²) in [6.07, 6.45) is 3.66. The van der Waals surface area contributed by atoms with Gasteiger partial charge in [0.15, 0.2) is 5.82 Å². The van der Waals surface area contributed by atoms with Crippen LogP contribution in [0, 0.1) is 11.6 Å². The summed E-state index contributed by atoms with van der Waals surface area (Å²) in [6.45, 7) is 0. The Labute approximate surface area is 162 Å². The van der Waals surface area contributed by atoms with Gasteiger partial charge in [-0.1, -0.05) is 12.1 Å². The average Bonchev–Trinajstić information content (AvgIpc) is 3.06. The highest BCUT2D eigenvalue weighted by atomic mass is 19.1. The van der Waals surface area contributed by atoms with Crippen molar-refractivity contribution in [1.82, 2.24) is 14.7 Å². The monoisotopic (exact) mass is 394 g/mol. The summed E-state index contributed by atoms with van der Waals surface area (Å²) in [7, 11) is 0. The van der Waals surface area contributed by atoms with E-state index in [0.29, 0.717) is 5.56 Å². The molecule has 0 saturated carbocycles. The van der Waals surface area contributed by atoms with E-state index in [9.17, 15) is 18.4 Å². The number of amides is 1. The van der Waals surface area contributed by atoms with E-state index in [1.807, 2.05) is 0 Å². The van der Waals surface area contributed by atoms with Gasteiger partial charge in [-0.2, -0.15) is 4.73 Å². The fraction of sp³-hybridized carbons (Fsp3) is 0. The van der Waals surface area contributed by atoms with Crippen LogP contribution in [0.3, 0.4) is 0 Å². The molecular weight excluding hydrogens is 382 g/mol. The number of halogens is 2. The van der Waals surface area contributed by atoms with Crippen molar-refractivity contribution >= 4 is 22.8 Å². The third kappa shape index (κ3) is 3.53. The fourth-order valence-electron chi connectivity index (χ4n) is 2.80. The zero-order chi connectivity index (χ0) is 20.5. The Balaban J connectivity index is 1.62. The van der Waals surface area contributed by atoms with Gasteiger partial charge in [-0.05, 0) is 30.3 Å². The third-order valence-corrected chi connectivity index (χ3v) is 4.15. The molecule has 7 nitrogen and oxygen atoms in total. The normalized spacial score (nSPS) is 10.8. The number of hydrogen-bond donors (Lipinski definition) is 1. The lowest BCUT2D eigenvalue weighted by molar-refractivity contribution is 0.0480. The zero-order valence-electron chi connectivity index (χ0n) is 14.7. The molecule has 0 radical (unpaired) electrons. The molecule has 0 aliphatic rings. The second-order valence-corrected chi connectivity index (χ2v) is 6.08. The van der Waals surface area contributed by atoms with Crippen molar-refractivity contribution in [2.24, 2.45) is 5.73 Å². The minimum absolute atomic E-state index is 0.00463. The van der Waals surface area contributed by atoms with Gasteiger partial charge in [0, 0.05) is 23.3 Å². The Morgan fingerprint density at radius 3 is 2.41 bits per heavy atom. The first-order valence-corrected chi connectivity index (χ1v) is 8.33. The van der Waals surface area contributed by atoms with Gasteiger partial charge in [0.2, 0.25) is 0 Å². The first kappa shape index (κ1) is 18.2. The van der Waals surface area contributed by atoms with Gasteiger partial charge in [0.1, 0.15) is 11.6 Å². The number of carbonyl (C=O) groups excluding carboxylic acids is 2. The number of nitrogens with zero attached hydrogens (tertiary/aromatic N) is 3. The Kier molecular flexibility index (Phi) is 4.47. The van der Waals surface area contributed by atoms with Crippen LogP contribution in [0.15, 0.2) is 61.1 Å². The molecule has 2 N–H and O–H groups in total. The Bertz CT molecular complexity index is 1250. The standard InChI is InChI=1S/C20H12F2N4O3/c21-13-3-1-2-11(6-13)19-24-8-12(9-25-19)20(28)29-26-10-16(18(23)27)15-7-14(22)4-5-17(15)26/h1-10H,(H2,23,27). The van der Waals surface area contributed by atoms with Gasteiger partial charge in [0.05, 0.1) is 22.8 Å². The lowest BCUT2D eigenvalue weighted by Gasteiger charge is -2.06. The molecule has 9 heteroatoms. The van der Waals surface area contributed by atoms with E-state index in [1.54, 1.807) is 6.07 Å². The van der Waals surface area contributed by atoms with Crippen LogP contribution in [0.4, 0.5) is 8.78 Å². The molecule has 0 aliphatic heterocycles. The number of rotatable bonds is 4. The lowest BCUT2D eigenvalue weighted by atomic mass is 10.1. The van der Waals surface area contributed by atoms with E-state index < -0.39 is 23.5 Å². The van der Waals surface area contributed by atoms with Crippen LogP contribution in [0.2, 0.25) is 0 Å².